The van der Waals surface area contributed by atoms with Crippen LogP contribution in [0.15, 0.2) is 0 Å². The van der Waals surface area contributed by atoms with Gasteiger partial charge in [0.05, 0.1) is 5.92 Å². The molecular weight excluding hydrogens is 276 g/mol. The van der Waals surface area contributed by atoms with Gasteiger partial charge in [-0.1, -0.05) is 12.8 Å². The summed E-state index contributed by atoms with van der Waals surface area (Å²) in [6.45, 7) is 1.17. The van der Waals surface area contributed by atoms with Gasteiger partial charge in [-0.25, -0.2) is 4.79 Å². The molecule has 2 atom stereocenters. The first-order chi connectivity index (χ1) is 9.56. The molecule has 114 valence electrons. The molecule has 0 radical (unpaired) electrons. The second kappa shape index (κ2) is 6.70. The Hall–Kier alpha value is -0.910. The minimum absolute atomic E-state index is 0.0801. The van der Waals surface area contributed by atoms with Gasteiger partial charge in [0.15, 0.2) is 0 Å². The average Bonchev–Trinajstić information content (AvgIpc) is 2.84. The number of nitrogens with one attached hydrogen (secondary N) is 2. The van der Waals surface area contributed by atoms with Crippen LogP contribution in [0.1, 0.15) is 38.5 Å². The van der Waals surface area contributed by atoms with Crippen molar-refractivity contribution in [2.24, 2.45) is 11.8 Å². The lowest BCUT2D eigenvalue weighted by molar-refractivity contribution is -0.142. The maximum atomic E-state index is 11.8. The summed E-state index contributed by atoms with van der Waals surface area (Å²) in [5.41, 5.74) is 0. The molecule has 0 bridgehead atoms. The summed E-state index contributed by atoms with van der Waals surface area (Å²) in [6, 6.07) is -0.165. The lowest BCUT2D eigenvalue weighted by Crippen LogP contribution is -2.48. The number of carbonyl (C=O) groups is 2. The topological polar surface area (TPSA) is 78.4 Å². The maximum Gasteiger partial charge on any atom is 0.314 e. The quantitative estimate of drug-likeness (QED) is 0.702. The van der Waals surface area contributed by atoms with E-state index in [1.165, 1.54) is 6.42 Å². The number of amides is 2. The molecule has 5 nitrogen and oxygen atoms in total. The van der Waals surface area contributed by atoms with Crippen LogP contribution in [0.5, 0.6) is 0 Å². The van der Waals surface area contributed by atoms with Crippen LogP contribution in [-0.2, 0) is 4.79 Å². The van der Waals surface area contributed by atoms with Gasteiger partial charge in [0.25, 0.3) is 0 Å². The predicted molar refractivity (Wildman–Crippen MR) is 80.0 cm³/mol. The number of carboxylic acid groups (broad SMARTS) is 1. The van der Waals surface area contributed by atoms with Gasteiger partial charge in [-0.15, -0.1) is 0 Å². The molecule has 2 fully saturated rings. The second-order valence-corrected chi connectivity index (χ2v) is 7.21. The van der Waals surface area contributed by atoms with Gasteiger partial charge in [0.1, 0.15) is 0 Å². The van der Waals surface area contributed by atoms with E-state index in [2.05, 4.69) is 16.9 Å². The van der Waals surface area contributed by atoms with Crippen LogP contribution in [0.25, 0.3) is 0 Å². The van der Waals surface area contributed by atoms with Crippen LogP contribution in [0.2, 0.25) is 0 Å². The first kappa shape index (κ1) is 15.5. The van der Waals surface area contributed by atoms with E-state index in [4.69, 9.17) is 5.11 Å². The summed E-state index contributed by atoms with van der Waals surface area (Å²) >= 11 is 1.83. The largest absolute Gasteiger partial charge is 0.481 e. The zero-order chi connectivity index (χ0) is 14.6. The Morgan fingerprint density at radius 2 is 2.00 bits per heavy atom. The van der Waals surface area contributed by atoms with Crippen molar-refractivity contribution in [3.8, 4) is 0 Å². The van der Waals surface area contributed by atoms with E-state index < -0.39 is 5.97 Å². The van der Waals surface area contributed by atoms with E-state index in [1.54, 1.807) is 0 Å². The van der Waals surface area contributed by atoms with E-state index in [0.717, 1.165) is 32.1 Å². The number of aliphatic carboxylic acids is 1. The SMILES string of the molecule is CSC1(CNC(=O)NCC2CCCC2C(=O)O)CCC1. The monoisotopic (exact) mass is 300 g/mol. The van der Waals surface area contributed by atoms with Crippen molar-refractivity contribution in [2.75, 3.05) is 19.3 Å². The Labute approximate surface area is 124 Å². The number of hydrogen-bond acceptors (Lipinski definition) is 3. The van der Waals surface area contributed by atoms with Gasteiger partial charge in [-0.2, -0.15) is 11.8 Å². The fourth-order valence-corrected chi connectivity index (χ4v) is 4.07. The third-order valence-electron chi connectivity index (χ3n) is 4.77. The molecule has 2 aliphatic carbocycles. The molecule has 2 saturated carbocycles. The van der Waals surface area contributed by atoms with E-state index in [0.29, 0.717) is 13.1 Å². The predicted octanol–water partition coefficient (Wildman–Crippen LogP) is 2.07. The summed E-state index contributed by atoms with van der Waals surface area (Å²) in [7, 11) is 0. The van der Waals surface area contributed by atoms with Crippen LogP contribution < -0.4 is 10.6 Å². The molecule has 2 unspecified atom stereocenters. The second-order valence-electron chi connectivity index (χ2n) is 5.94. The number of carboxylic acids is 1. The normalized spacial score (nSPS) is 27.6. The minimum Gasteiger partial charge on any atom is -0.481 e. The van der Waals surface area contributed by atoms with E-state index in [9.17, 15) is 9.59 Å². The summed E-state index contributed by atoms with van der Waals surface area (Å²) in [5, 5.41) is 14.9. The lowest BCUT2D eigenvalue weighted by Gasteiger charge is -2.40. The maximum absolute atomic E-state index is 11.8. The molecule has 0 aliphatic heterocycles. The highest BCUT2D eigenvalue weighted by Crippen LogP contribution is 2.42. The van der Waals surface area contributed by atoms with Crippen molar-refractivity contribution >= 4 is 23.8 Å². The fourth-order valence-electron chi connectivity index (χ4n) is 3.16. The van der Waals surface area contributed by atoms with Gasteiger partial charge in [0, 0.05) is 17.8 Å². The van der Waals surface area contributed by atoms with Crippen molar-refractivity contribution in [1.29, 1.82) is 0 Å². The Bertz CT molecular complexity index is 366. The van der Waals surface area contributed by atoms with Crippen molar-refractivity contribution in [1.82, 2.24) is 10.6 Å². The van der Waals surface area contributed by atoms with Crippen LogP contribution in [0.3, 0.4) is 0 Å². The number of hydrogen-bond donors (Lipinski definition) is 3. The number of thioether (sulfide) groups is 1. The van der Waals surface area contributed by atoms with Crippen molar-refractivity contribution in [3.05, 3.63) is 0 Å². The van der Waals surface area contributed by atoms with Crippen LogP contribution >= 0.6 is 11.8 Å². The van der Waals surface area contributed by atoms with Gasteiger partial charge < -0.3 is 15.7 Å². The highest BCUT2D eigenvalue weighted by Gasteiger charge is 2.36. The Morgan fingerprint density at radius 3 is 2.55 bits per heavy atom. The molecule has 2 amide bonds. The van der Waals surface area contributed by atoms with Crippen LogP contribution in [-0.4, -0.2) is 41.2 Å². The zero-order valence-electron chi connectivity index (χ0n) is 12.0. The Kier molecular flexibility index (Phi) is 5.18. The van der Waals surface area contributed by atoms with Crippen molar-refractivity contribution < 1.29 is 14.7 Å². The highest BCUT2D eigenvalue weighted by atomic mass is 32.2. The first-order valence-electron chi connectivity index (χ1n) is 7.36. The zero-order valence-corrected chi connectivity index (χ0v) is 12.8. The molecule has 0 spiro atoms. The number of carbonyl (C=O) groups excluding carboxylic acids is 1. The fraction of sp³-hybridized carbons (Fsp3) is 0.857. The molecule has 2 rings (SSSR count). The number of rotatable bonds is 6. The smallest absolute Gasteiger partial charge is 0.314 e. The molecule has 0 saturated heterocycles. The summed E-state index contributed by atoms with van der Waals surface area (Å²) in [6.07, 6.45) is 8.24. The average molecular weight is 300 g/mol. The molecule has 0 heterocycles. The van der Waals surface area contributed by atoms with Gasteiger partial charge in [-0.3, -0.25) is 4.79 Å². The Balaban J connectivity index is 1.68. The molecule has 0 aromatic heterocycles. The third kappa shape index (κ3) is 3.59. The summed E-state index contributed by atoms with van der Waals surface area (Å²) in [5.74, 6) is -0.943. The van der Waals surface area contributed by atoms with E-state index in [1.807, 2.05) is 11.8 Å². The molecule has 20 heavy (non-hydrogen) atoms. The van der Waals surface area contributed by atoms with E-state index >= 15 is 0 Å². The first-order valence-corrected chi connectivity index (χ1v) is 8.58. The summed E-state index contributed by atoms with van der Waals surface area (Å²) < 4.78 is 0.230. The molecule has 0 aromatic rings. The number of urea groups is 1. The minimum atomic E-state index is -0.731. The van der Waals surface area contributed by atoms with Gasteiger partial charge in [0.2, 0.25) is 0 Å². The molecule has 6 heteroatoms. The van der Waals surface area contributed by atoms with Crippen LogP contribution in [0.4, 0.5) is 4.79 Å². The molecule has 0 aromatic carbocycles. The van der Waals surface area contributed by atoms with Crippen molar-refractivity contribution in [3.63, 3.8) is 0 Å². The summed E-state index contributed by atoms with van der Waals surface area (Å²) in [4.78, 5) is 22.9. The third-order valence-corrected chi connectivity index (χ3v) is 6.19. The van der Waals surface area contributed by atoms with Gasteiger partial charge in [-0.05, 0) is 37.9 Å². The van der Waals surface area contributed by atoms with Crippen molar-refractivity contribution in [2.45, 2.75) is 43.3 Å². The molecular formula is C14H24N2O3S. The van der Waals surface area contributed by atoms with Gasteiger partial charge >= 0.3 is 12.0 Å². The standard InChI is InChI=1S/C14H24N2O3S/c1-20-14(6-3-7-14)9-16-13(19)15-8-10-4-2-5-11(10)12(17)18/h10-11H,2-9H2,1H3,(H,17,18)(H2,15,16,19). The van der Waals surface area contributed by atoms with Crippen LogP contribution in [0, 0.1) is 11.8 Å². The highest BCUT2D eigenvalue weighted by molar-refractivity contribution is 8.00. The molecule has 2 aliphatic rings. The molecule has 3 N–H and O–H groups in total. The van der Waals surface area contributed by atoms with E-state index in [-0.39, 0.29) is 22.6 Å². The lowest BCUT2D eigenvalue weighted by atomic mass is 9.84. The Morgan fingerprint density at radius 1 is 1.25 bits per heavy atom.